The van der Waals surface area contributed by atoms with E-state index in [4.69, 9.17) is 4.74 Å². The van der Waals surface area contributed by atoms with E-state index >= 15 is 4.39 Å². The normalized spacial score (nSPS) is 21.2. The third-order valence-electron chi connectivity index (χ3n) is 9.30. The van der Waals surface area contributed by atoms with Gasteiger partial charge in [-0.3, -0.25) is 9.59 Å². The fourth-order valence-electron chi connectivity index (χ4n) is 6.96. The maximum absolute atomic E-state index is 15.2. The Morgan fingerprint density at radius 2 is 1.73 bits per heavy atom. The Morgan fingerprint density at radius 3 is 2.41 bits per heavy atom. The number of nitrogens with one attached hydrogen (secondary N) is 2. The lowest BCUT2D eigenvalue weighted by Crippen LogP contribution is -2.33. The summed E-state index contributed by atoms with van der Waals surface area (Å²) in [5, 5.41) is 6.58. The number of carbonyl (C=O) groups excluding carboxylic acids is 2. The third kappa shape index (κ3) is 6.10. The van der Waals surface area contributed by atoms with Crippen molar-refractivity contribution in [3.05, 3.63) is 82.7 Å². The molecule has 44 heavy (non-hydrogen) atoms. The van der Waals surface area contributed by atoms with Crippen molar-refractivity contribution >= 4 is 21.7 Å². The molecule has 1 saturated carbocycles. The van der Waals surface area contributed by atoms with Crippen LogP contribution >= 0.6 is 0 Å². The Bertz CT molecular complexity index is 1680. The lowest BCUT2D eigenvalue weighted by Gasteiger charge is -2.22. The number of nitrogens with zero attached hydrogens (tertiary/aromatic N) is 1. The molecule has 0 bridgehead atoms. The monoisotopic (exact) mass is 619 g/mol. The highest BCUT2D eigenvalue weighted by Gasteiger charge is 2.37. The quantitative estimate of drug-likeness (QED) is 0.405. The minimum Gasteiger partial charge on any atom is -0.491 e. The van der Waals surface area contributed by atoms with E-state index in [1.807, 2.05) is 42.5 Å². The Hall–Kier alpha value is -3.76. The molecule has 6 rings (SSSR count). The number of hydrogen-bond donors (Lipinski definition) is 2. The smallest absolute Gasteiger partial charge is 0.254 e. The number of halogens is 1. The van der Waals surface area contributed by atoms with Crippen LogP contribution in [0.5, 0.6) is 5.75 Å². The summed E-state index contributed by atoms with van der Waals surface area (Å²) in [7, 11) is -3.77. The zero-order chi connectivity index (χ0) is 31.0. The van der Waals surface area contributed by atoms with Gasteiger partial charge in [-0.15, -0.1) is 0 Å². The highest BCUT2D eigenvalue weighted by Crippen LogP contribution is 2.38. The van der Waals surface area contributed by atoms with Crippen LogP contribution in [0.1, 0.15) is 51.6 Å². The molecule has 0 aromatic heterocycles. The predicted octanol–water partition coefficient (Wildman–Crippen LogP) is 4.47. The molecule has 2 fully saturated rings. The SMILES string of the molecule is CCc1c(C(=O)N2CCOc3ccc(-c4ccc(C(=O)NCC5CC6CNCC6C5)cc4)cc3C2)ccc(S(C)(=O)=O)c1F. The maximum Gasteiger partial charge on any atom is 0.254 e. The second kappa shape index (κ2) is 12.3. The van der Waals surface area contributed by atoms with E-state index in [1.165, 1.54) is 25.0 Å². The van der Waals surface area contributed by atoms with Gasteiger partial charge in [-0.25, -0.2) is 12.8 Å². The predicted molar refractivity (Wildman–Crippen MR) is 166 cm³/mol. The highest BCUT2D eigenvalue weighted by molar-refractivity contribution is 7.90. The number of rotatable bonds is 7. The van der Waals surface area contributed by atoms with Crippen LogP contribution < -0.4 is 15.4 Å². The van der Waals surface area contributed by atoms with Gasteiger partial charge in [0.05, 0.1) is 6.54 Å². The lowest BCUT2D eigenvalue weighted by molar-refractivity contribution is 0.0731. The van der Waals surface area contributed by atoms with Crippen LogP contribution in [-0.2, 0) is 22.8 Å². The zero-order valence-electron chi connectivity index (χ0n) is 25.1. The lowest BCUT2D eigenvalue weighted by atomic mass is 10.00. The Labute approximate surface area is 257 Å². The summed E-state index contributed by atoms with van der Waals surface area (Å²) in [6, 6.07) is 15.9. The first-order chi connectivity index (χ1) is 21.1. The molecule has 2 heterocycles. The highest BCUT2D eigenvalue weighted by atomic mass is 32.2. The van der Waals surface area contributed by atoms with Crippen LogP contribution in [0.3, 0.4) is 0 Å². The molecule has 3 aromatic rings. The molecule has 1 saturated heterocycles. The summed E-state index contributed by atoms with van der Waals surface area (Å²) < 4.78 is 45.1. The molecule has 2 N–H and O–H groups in total. The molecule has 0 radical (unpaired) electrons. The van der Waals surface area contributed by atoms with Crippen molar-refractivity contribution in [3.8, 4) is 16.9 Å². The first-order valence-corrected chi connectivity index (χ1v) is 17.2. The van der Waals surface area contributed by atoms with Crippen LogP contribution in [0.25, 0.3) is 11.1 Å². The number of benzene rings is 3. The van der Waals surface area contributed by atoms with E-state index in [2.05, 4.69) is 10.6 Å². The topological polar surface area (TPSA) is 105 Å². The van der Waals surface area contributed by atoms with Gasteiger partial charge in [0.15, 0.2) is 9.84 Å². The van der Waals surface area contributed by atoms with Gasteiger partial charge < -0.3 is 20.3 Å². The number of carbonyl (C=O) groups is 2. The molecular formula is C34H38FN3O5S. The van der Waals surface area contributed by atoms with Gasteiger partial charge in [0.2, 0.25) is 0 Å². The minimum absolute atomic E-state index is 0.0660. The molecule has 232 valence electrons. The van der Waals surface area contributed by atoms with Gasteiger partial charge in [-0.2, -0.15) is 0 Å². The van der Waals surface area contributed by atoms with E-state index in [-0.39, 0.29) is 42.5 Å². The van der Waals surface area contributed by atoms with E-state index in [1.54, 1.807) is 11.8 Å². The van der Waals surface area contributed by atoms with Crippen molar-refractivity contribution in [2.45, 2.75) is 37.6 Å². The van der Waals surface area contributed by atoms with Crippen molar-refractivity contribution in [1.82, 2.24) is 15.5 Å². The average molecular weight is 620 g/mol. The van der Waals surface area contributed by atoms with Crippen molar-refractivity contribution in [3.63, 3.8) is 0 Å². The molecule has 3 aromatic carbocycles. The largest absolute Gasteiger partial charge is 0.491 e. The molecule has 8 nitrogen and oxygen atoms in total. The molecule has 2 aliphatic heterocycles. The van der Waals surface area contributed by atoms with E-state index in [0.717, 1.165) is 47.9 Å². The zero-order valence-corrected chi connectivity index (χ0v) is 25.9. The van der Waals surface area contributed by atoms with Gasteiger partial charge in [0, 0.05) is 41.6 Å². The van der Waals surface area contributed by atoms with Gasteiger partial charge in [0.25, 0.3) is 11.8 Å². The number of ether oxygens (including phenoxy) is 1. The Kier molecular flexibility index (Phi) is 8.48. The Morgan fingerprint density at radius 1 is 1.02 bits per heavy atom. The first-order valence-electron chi connectivity index (χ1n) is 15.3. The second-order valence-electron chi connectivity index (χ2n) is 12.2. The summed E-state index contributed by atoms with van der Waals surface area (Å²) in [5.74, 6) is 1.39. The first kappa shape index (κ1) is 30.3. The molecule has 0 spiro atoms. The standard InChI is InChI=1S/C34H38FN3O5S/c1-3-28-29(9-11-31(32(28)35)44(2,41)42)34(40)38-12-13-43-30-10-8-24(16-27(30)20-38)22-4-6-23(7-5-22)33(39)37-17-21-14-25-18-36-19-26(25)15-21/h4-11,16,21,25-26,36H,3,12-15,17-20H2,1-2H3,(H,37,39). The van der Waals surface area contributed by atoms with Gasteiger partial charge in [-0.1, -0.05) is 25.1 Å². The van der Waals surface area contributed by atoms with Crippen LogP contribution in [-0.4, -0.2) is 64.2 Å². The molecule has 2 atom stereocenters. The number of hydrogen-bond acceptors (Lipinski definition) is 6. The number of fused-ring (bicyclic) bond motifs is 2. The number of sulfone groups is 1. The summed E-state index contributed by atoms with van der Waals surface area (Å²) in [6.45, 7) is 5.42. The van der Waals surface area contributed by atoms with Crippen LogP contribution in [0.2, 0.25) is 0 Å². The average Bonchev–Trinajstić information content (AvgIpc) is 3.54. The molecule has 3 aliphatic rings. The summed E-state index contributed by atoms with van der Waals surface area (Å²) in [5.41, 5.74) is 3.50. The maximum atomic E-state index is 15.2. The molecule has 10 heteroatoms. The summed E-state index contributed by atoms with van der Waals surface area (Å²) >= 11 is 0. The summed E-state index contributed by atoms with van der Waals surface area (Å²) in [4.78, 5) is 27.7. The van der Waals surface area contributed by atoms with Gasteiger partial charge >= 0.3 is 0 Å². The van der Waals surface area contributed by atoms with Crippen LogP contribution in [0.15, 0.2) is 59.5 Å². The van der Waals surface area contributed by atoms with Crippen molar-refractivity contribution in [2.75, 3.05) is 39.0 Å². The second-order valence-corrected chi connectivity index (χ2v) is 14.2. The fraction of sp³-hybridized carbons (Fsp3) is 0.412. The number of amides is 2. The summed E-state index contributed by atoms with van der Waals surface area (Å²) in [6.07, 6.45) is 3.48. The van der Waals surface area contributed by atoms with Crippen molar-refractivity contribution in [2.24, 2.45) is 17.8 Å². The van der Waals surface area contributed by atoms with Crippen LogP contribution in [0, 0.1) is 23.6 Å². The van der Waals surface area contributed by atoms with Gasteiger partial charge in [0.1, 0.15) is 23.1 Å². The van der Waals surface area contributed by atoms with E-state index in [9.17, 15) is 18.0 Å². The molecule has 1 aliphatic carbocycles. The van der Waals surface area contributed by atoms with Crippen LogP contribution in [0.4, 0.5) is 4.39 Å². The molecule has 2 unspecified atom stereocenters. The Balaban J connectivity index is 1.15. The van der Waals surface area contributed by atoms with E-state index < -0.39 is 20.5 Å². The molecular weight excluding hydrogens is 581 g/mol. The van der Waals surface area contributed by atoms with Gasteiger partial charge in [-0.05, 0) is 97.6 Å². The fourth-order valence-corrected chi connectivity index (χ4v) is 7.73. The molecule has 2 amide bonds. The van der Waals surface area contributed by atoms with E-state index in [0.29, 0.717) is 30.3 Å². The van der Waals surface area contributed by atoms with Crippen molar-refractivity contribution < 1.29 is 27.1 Å². The minimum atomic E-state index is -3.77. The van der Waals surface area contributed by atoms with Crippen molar-refractivity contribution in [1.29, 1.82) is 0 Å². The third-order valence-corrected chi connectivity index (χ3v) is 10.4.